The Morgan fingerprint density at radius 1 is 1.36 bits per heavy atom. The Hall–Kier alpha value is -0.820. The molecule has 0 radical (unpaired) electrons. The fourth-order valence-corrected chi connectivity index (χ4v) is 1.60. The van der Waals surface area contributed by atoms with E-state index in [1.165, 1.54) is 0 Å². The molecule has 0 aliphatic heterocycles. The first-order chi connectivity index (χ1) is 6.50. The Morgan fingerprint density at radius 3 is 2.21 bits per heavy atom. The number of carbonyl (C=O) groups excluding carboxylic acids is 1. The van der Waals surface area contributed by atoms with E-state index in [4.69, 9.17) is 11.6 Å². The summed E-state index contributed by atoms with van der Waals surface area (Å²) in [6, 6.07) is 7.50. The highest BCUT2D eigenvalue weighted by Gasteiger charge is 2.29. The maximum absolute atomic E-state index is 11.5. The van der Waals surface area contributed by atoms with Gasteiger partial charge in [0.1, 0.15) is 5.78 Å². The number of hydrogen-bond donors (Lipinski definition) is 0. The molecule has 0 aromatic heterocycles. The summed E-state index contributed by atoms with van der Waals surface area (Å²) < 4.78 is 0. The van der Waals surface area contributed by atoms with Crippen molar-refractivity contribution in [3.05, 3.63) is 34.9 Å². The van der Waals surface area contributed by atoms with E-state index in [2.05, 4.69) is 0 Å². The molecule has 0 aliphatic rings. The van der Waals surface area contributed by atoms with Crippen LogP contribution >= 0.6 is 11.6 Å². The van der Waals surface area contributed by atoms with Crippen LogP contribution in [0, 0.1) is 0 Å². The van der Waals surface area contributed by atoms with E-state index in [1.54, 1.807) is 6.92 Å². The summed E-state index contributed by atoms with van der Waals surface area (Å²) in [4.78, 5) is 11.5. The zero-order valence-corrected chi connectivity index (χ0v) is 9.56. The van der Waals surface area contributed by atoms with Crippen molar-refractivity contribution in [1.82, 2.24) is 0 Å². The molecule has 1 unspecified atom stereocenters. The van der Waals surface area contributed by atoms with Gasteiger partial charge < -0.3 is 0 Å². The van der Waals surface area contributed by atoms with Crippen LogP contribution in [0.4, 0.5) is 0 Å². The minimum atomic E-state index is -0.370. The summed E-state index contributed by atoms with van der Waals surface area (Å²) >= 11 is 5.80. The van der Waals surface area contributed by atoms with Crippen molar-refractivity contribution in [3.8, 4) is 0 Å². The van der Waals surface area contributed by atoms with Gasteiger partial charge in [0.15, 0.2) is 0 Å². The smallest absolute Gasteiger partial charge is 0.140 e. The third-order valence-electron chi connectivity index (χ3n) is 2.97. The third kappa shape index (κ3) is 1.98. The molecule has 0 aliphatic carbocycles. The van der Waals surface area contributed by atoms with Crippen LogP contribution in [-0.4, -0.2) is 5.78 Å². The number of benzene rings is 1. The minimum absolute atomic E-state index is 0.197. The minimum Gasteiger partial charge on any atom is -0.299 e. The van der Waals surface area contributed by atoms with E-state index in [0.29, 0.717) is 5.02 Å². The first kappa shape index (κ1) is 11.3. The Balaban J connectivity index is 3.13. The van der Waals surface area contributed by atoms with Gasteiger partial charge >= 0.3 is 0 Å². The molecule has 0 saturated heterocycles. The van der Waals surface area contributed by atoms with Crippen LogP contribution in [-0.2, 0) is 10.2 Å². The molecule has 0 spiro atoms. The van der Waals surface area contributed by atoms with Gasteiger partial charge in [-0.1, -0.05) is 30.7 Å². The normalized spacial score (nSPS) is 14.9. The van der Waals surface area contributed by atoms with Gasteiger partial charge in [-0.05, 0) is 38.0 Å². The van der Waals surface area contributed by atoms with Gasteiger partial charge in [0.2, 0.25) is 0 Å². The monoisotopic (exact) mass is 210 g/mol. The van der Waals surface area contributed by atoms with E-state index in [1.807, 2.05) is 38.1 Å². The van der Waals surface area contributed by atoms with Crippen molar-refractivity contribution in [2.45, 2.75) is 32.6 Å². The van der Waals surface area contributed by atoms with Gasteiger partial charge in [-0.15, -0.1) is 0 Å². The summed E-state index contributed by atoms with van der Waals surface area (Å²) in [6.07, 6.45) is 0.809. The van der Waals surface area contributed by atoms with E-state index >= 15 is 0 Å². The fraction of sp³-hybridized carbons (Fsp3) is 0.417. The predicted molar refractivity (Wildman–Crippen MR) is 59.8 cm³/mol. The summed E-state index contributed by atoms with van der Waals surface area (Å²) in [5.41, 5.74) is 0.668. The van der Waals surface area contributed by atoms with Crippen molar-refractivity contribution >= 4 is 17.4 Å². The summed E-state index contributed by atoms with van der Waals surface area (Å²) in [5, 5.41) is 0.704. The van der Waals surface area contributed by atoms with E-state index < -0.39 is 0 Å². The molecule has 0 amide bonds. The second kappa shape index (κ2) is 4.14. The van der Waals surface area contributed by atoms with Crippen molar-refractivity contribution < 1.29 is 4.79 Å². The summed E-state index contributed by atoms with van der Waals surface area (Å²) in [7, 11) is 0. The summed E-state index contributed by atoms with van der Waals surface area (Å²) in [6.45, 7) is 5.63. The largest absolute Gasteiger partial charge is 0.299 e. The van der Waals surface area contributed by atoms with Crippen molar-refractivity contribution in [1.29, 1.82) is 0 Å². The van der Waals surface area contributed by atoms with Crippen LogP contribution in [0.5, 0.6) is 0 Å². The number of hydrogen-bond acceptors (Lipinski definition) is 1. The highest BCUT2D eigenvalue weighted by Crippen LogP contribution is 2.29. The number of carbonyl (C=O) groups is 1. The molecule has 0 fully saturated rings. The summed E-state index contributed by atoms with van der Waals surface area (Å²) in [5.74, 6) is 0.197. The maximum atomic E-state index is 11.5. The van der Waals surface area contributed by atoms with Gasteiger partial charge in [-0.3, -0.25) is 4.79 Å². The predicted octanol–water partition coefficient (Wildman–Crippen LogP) is 3.60. The molecule has 0 bridgehead atoms. The lowest BCUT2D eigenvalue weighted by molar-refractivity contribution is -0.122. The maximum Gasteiger partial charge on any atom is 0.140 e. The van der Waals surface area contributed by atoms with Crippen molar-refractivity contribution in [2.24, 2.45) is 0 Å². The molecule has 76 valence electrons. The SMILES string of the molecule is CCC(C)(C(C)=O)c1ccc(Cl)cc1. The molecule has 0 heterocycles. The molecule has 0 N–H and O–H groups in total. The second-order valence-corrected chi connectivity index (χ2v) is 4.19. The quantitative estimate of drug-likeness (QED) is 0.745. The number of halogens is 1. The van der Waals surface area contributed by atoms with Crippen LogP contribution < -0.4 is 0 Å². The molecular weight excluding hydrogens is 196 g/mol. The zero-order chi connectivity index (χ0) is 10.8. The van der Waals surface area contributed by atoms with Crippen molar-refractivity contribution in [2.75, 3.05) is 0 Å². The third-order valence-corrected chi connectivity index (χ3v) is 3.22. The van der Waals surface area contributed by atoms with Gasteiger partial charge in [0.05, 0.1) is 5.41 Å². The molecule has 1 atom stereocenters. The number of ketones is 1. The Morgan fingerprint density at radius 2 is 1.86 bits per heavy atom. The topological polar surface area (TPSA) is 17.1 Å². The highest BCUT2D eigenvalue weighted by molar-refractivity contribution is 6.30. The van der Waals surface area contributed by atoms with Crippen LogP contribution in [0.1, 0.15) is 32.8 Å². The van der Waals surface area contributed by atoms with Crippen LogP contribution in [0.15, 0.2) is 24.3 Å². The van der Waals surface area contributed by atoms with Gasteiger partial charge in [0, 0.05) is 5.02 Å². The number of rotatable bonds is 3. The molecule has 14 heavy (non-hydrogen) atoms. The first-order valence-electron chi connectivity index (χ1n) is 4.78. The molecule has 1 aromatic carbocycles. The van der Waals surface area contributed by atoms with Crippen LogP contribution in [0.2, 0.25) is 5.02 Å². The number of Topliss-reactive ketones (excluding diaryl/α,β-unsaturated/α-hetero) is 1. The van der Waals surface area contributed by atoms with E-state index in [-0.39, 0.29) is 11.2 Å². The lowest BCUT2D eigenvalue weighted by atomic mass is 9.77. The van der Waals surface area contributed by atoms with Gasteiger partial charge in [-0.2, -0.15) is 0 Å². The molecular formula is C12H15ClO. The standard InChI is InChI=1S/C12H15ClO/c1-4-12(3,9(2)14)10-5-7-11(13)8-6-10/h5-8H,4H2,1-3H3. The Labute approximate surface area is 90.1 Å². The average Bonchev–Trinajstić information content (AvgIpc) is 2.17. The average molecular weight is 211 g/mol. The van der Waals surface area contributed by atoms with Crippen LogP contribution in [0.25, 0.3) is 0 Å². The lowest BCUT2D eigenvalue weighted by Gasteiger charge is -2.25. The lowest BCUT2D eigenvalue weighted by Crippen LogP contribution is -2.29. The molecule has 2 heteroatoms. The Bertz CT molecular complexity index is 329. The van der Waals surface area contributed by atoms with Crippen LogP contribution in [0.3, 0.4) is 0 Å². The second-order valence-electron chi connectivity index (χ2n) is 3.75. The van der Waals surface area contributed by atoms with Gasteiger partial charge in [-0.25, -0.2) is 0 Å². The molecule has 0 saturated carbocycles. The molecule has 1 nitrogen and oxygen atoms in total. The molecule has 1 aromatic rings. The van der Waals surface area contributed by atoms with E-state index in [0.717, 1.165) is 12.0 Å². The first-order valence-corrected chi connectivity index (χ1v) is 5.15. The zero-order valence-electron chi connectivity index (χ0n) is 8.80. The highest BCUT2D eigenvalue weighted by atomic mass is 35.5. The fourth-order valence-electron chi connectivity index (χ4n) is 1.47. The molecule has 1 rings (SSSR count). The van der Waals surface area contributed by atoms with Crippen molar-refractivity contribution in [3.63, 3.8) is 0 Å². The van der Waals surface area contributed by atoms with Gasteiger partial charge in [0.25, 0.3) is 0 Å². The van der Waals surface area contributed by atoms with E-state index in [9.17, 15) is 4.79 Å². The Kier molecular flexibility index (Phi) is 3.33.